The predicted octanol–water partition coefficient (Wildman–Crippen LogP) is 2.98. The van der Waals surface area contributed by atoms with Gasteiger partial charge in [0.15, 0.2) is 0 Å². The van der Waals surface area contributed by atoms with Crippen LogP contribution in [0.5, 0.6) is 5.75 Å². The summed E-state index contributed by atoms with van der Waals surface area (Å²) in [7, 11) is 0. The number of rotatable bonds is 4. The molecule has 2 aromatic heterocycles. The van der Waals surface area contributed by atoms with E-state index in [4.69, 9.17) is 9.84 Å². The number of pyridine rings is 1. The molecule has 0 saturated heterocycles. The minimum Gasteiger partial charge on any atom is -0.491 e. The Morgan fingerprint density at radius 3 is 2.65 bits per heavy atom. The molecule has 0 aliphatic heterocycles. The van der Waals surface area contributed by atoms with Gasteiger partial charge < -0.3 is 14.2 Å². The molecule has 0 radical (unpaired) electrons. The first-order chi connectivity index (χ1) is 9.76. The van der Waals surface area contributed by atoms with Crippen molar-refractivity contribution in [3.05, 3.63) is 52.4 Å². The molecule has 0 bridgehead atoms. The van der Waals surface area contributed by atoms with Crippen LogP contribution in [-0.4, -0.2) is 27.7 Å². The first kappa shape index (κ1) is 13.4. The standard InChI is InChI=1S/C15H13IN2O2/c16-12-3-6-15-17-14(10-18(15)9-12)11-1-4-13(5-2-11)20-8-7-19/h1-6,9-10,19H,7-8H2/i16-2. The summed E-state index contributed by atoms with van der Waals surface area (Å²) in [4.78, 5) is 4.59. The summed E-state index contributed by atoms with van der Waals surface area (Å²) in [6, 6.07) is 11.8. The fraction of sp³-hybridized carbons (Fsp3) is 0.133. The van der Waals surface area contributed by atoms with E-state index in [9.17, 15) is 0 Å². The summed E-state index contributed by atoms with van der Waals surface area (Å²) in [6.45, 7) is 0.332. The van der Waals surface area contributed by atoms with Gasteiger partial charge in [0, 0.05) is 21.5 Å². The fourth-order valence-electron chi connectivity index (χ4n) is 1.99. The average molecular weight is 378 g/mol. The van der Waals surface area contributed by atoms with Crippen LogP contribution in [-0.2, 0) is 0 Å². The largest absolute Gasteiger partial charge is 0.491 e. The Balaban J connectivity index is 1.90. The molecule has 0 aliphatic carbocycles. The lowest BCUT2D eigenvalue weighted by Gasteiger charge is -2.04. The van der Waals surface area contributed by atoms with E-state index in [1.807, 2.05) is 53.2 Å². The Kier molecular flexibility index (Phi) is 3.88. The van der Waals surface area contributed by atoms with Crippen molar-refractivity contribution in [3.8, 4) is 17.0 Å². The quantitative estimate of drug-likeness (QED) is 0.711. The van der Waals surface area contributed by atoms with Crippen LogP contribution in [0.4, 0.5) is 0 Å². The molecule has 1 aromatic carbocycles. The van der Waals surface area contributed by atoms with Crippen LogP contribution in [0.2, 0.25) is 0 Å². The number of benzene rings is 1. The van der Waals surface area contributed by atoms with Crippen molar-refractivity contribution in [2.24, 2.45) is 0 Å². The van der Waals surface area contributed by atoms with E-state index in [1.54, 1.807) is 0 Å². The van der Waals surface area contributed by atoms with Gasteiger partial charge in [-0.25, -0.2) is 4.98 Å². The van der Waals surface area contributed by atoms with Crippen molar-refractivity contribution in [3.63, 3.8) is 0 Å². The minimum absolute atomic E-state index is 0.0207. The number of aliphatic hydroxyl groups is 1. The number of fused-ring (bicyclic) bond motifs is 1. The topological polar surface area (TPSA) is 46.8 Å². The number of nitrogens with zero attached hydrogens (tertiary/aromatic N) is 2. The predicted molar refractivity (Wildman–Crippen MR) is 85.9 cm³/mol. The summed E-state index contributed by atoms with van der Waals surface area (Å²) in [5.74, 6) is 0.751. The third kappa shape index (κ3) is 2.78. The molecule has 3 rings (SSSR count). The van der Waals surface area contributed by atoms with Crippen LogP contribution in [0, 0.1) is 3.57 Å². The van der Waals surface area contributed by atoms with Crippen LogP contribution in [0.25, 0.3) is 16.9 Å². The maximum Gasteiger partial charge on any atom is 0.137 e. The van der Waals surface area contributed by atoms with Gasteiger partial charge in [-0.05, 0) is 59.0 Å². The fourth-order valence-corrected chi connectivity index (χ4v) is 2.47. The molecule has 102 valence electrons. The van der Waals surface area contributed by atoms with Crippen LogP contribution >= 0.6 is 22.6 Å². The SMILES string of the molecule is OCCOc1ccc(-c2cn3cc([125I])ccc3n2)cc1. The highest BCUT2D eigenvalue weighted by Crippen LogP contribution is 2.22. The van der Waals surface area contributed by atoms with E-state index in [2.05, 4.69) is 27.6 Å². The first-order valence-corrected chi connectivity index (χ1v) is 7.32. The van der Waals surface area contributed by atoms with Crippen LogP contribution in [0.15, 0.2) is 48.8 Å². The Labute approximate surface area is 130 Å². The molecule has 20 heavy (non-hydrogen) atoms. The van der Waals surface area contributed by atoms with Crippen LogP contribution in [0.1, 0.15) is 0 Å². The van der Waals surface area contributed by atoms with Crippen molar-refractivity contribution < 1.29 is 9.84 Å². The van der Waals surface area contributed by atoms with Gasteiger partial charge in [-0.2, -0.15) is 0 Å². The van der Waals surface area contributed by atoms with Gasteiger partial charge in [0.05, 0.1) is 12.3 Å². The minimum atomic E-state index is 0.0207. The van der Waals surface area contributed by atoms with Gasteiger partial charge in [-0.1, -0.05) is 0 Å². The summed E-state index contributed by atoms with van der Waals surface area (Å²) in [6.07, 6.45) is 4.06. The van der Waals surface area contributed by atoms with Crippen LogP contribution < -0.4 is 4.74 Å². The number of hydrogen-bond donors (Lipinski definition) is 1. The van der Waals surface area contributed by atoms with Gasteiger partial charge in [0.2, 0.25) is 0 Å². The molecule has 0 amide bonds. The second-order valence-electron chi connectivity index (χ2n) is 4.34. The van der Waals surface area contributed by atoms with Gasteiger partial charge in [-0.15, -0.1) is 0 Å². The third-order valence-corrected chi connectivity index (χ3v) is 3.56. The first-order valence-electron chi connectivity index (χ1n) is 6.24. The highest BCUT2D eigenvalue weighted by molar-refractivity contribution is 14.1. The van der Waals surface area contributed by atoms with Gasteiger partial charge in [0.1, 0.15) is 18.0 Å². The maximum absolute atomic E-state index is 8.72. The zero-order chi connectivity index (χ0) is 13.9. The molecule has 0 spiro atoms. The highest BCUT2D eigenvalue weighted by Gasteiger charge is 2.05. The summed E-state index contributed by atoms with van der Waals surface area (Å²) in [5.41, 5.74) is 2.90. The Hall–Kier alpha value is -1.60. The molecule has 0 atom stereocenters. The number of ether oxygens (including phenoxy) is 1. The summed E-state index contributed by atoms with van der Waals surface area (Å²) < 4.78 is 8.54. The van der Waals surface area contributed by atoms with E-state index in [0.29, 0.717) is 6.61 Å². The van der Waals surface area contributed by atoms with Crippen molar-refractivity contribution in [1.82, 2.24) is 9.38 Å². The lowest BCUT2D eigenvalue weighted by Crippen LogP contribution is -2.01. The molecule has 4 nitrogen and oxygen atoms in total. The Morgan fingerprint density at radius 1 is 1.10 bits per heavy atom. The second kappa shape index (κ2) is 5.80. The number of halogens is 1. The normalized spacial score (nSPS) is 10.9. The maximum atomic E-state index is 8.72. The molecule has 1 N–H and O–H groups in total. The number of aromatic nitrogens is 2. The molecule has 0 saturated carbocycles. The Bertz CT molecular complexity index is 722. The van der Waals surface area contributed by atoms with E-state index in [1.165, 1.54) is 3.57 Å². The molecular weight excluding hydrogens is 365 g/mol. The number of hydrogen-bond acceptors (Lipinski definition) is 3. The Morgan fingerprint density at radius 2 is 1.90 bits per heavy atom. The van der Waals surface area contributed by atoms with E-state index in [-0.39, 0.29) is 6.61 Å². The second-order valence-corrected chi connectivity index (χ2v) is 5.58. The molecule has 0 fully saturated rings. The van der Waals surface area contributed by atoms with E-state index < -0.39 is 0 Å². The zero-order valence-electron chi connectivity index (χ0n) is 10.7. The lowest BCUT2D eigenvalue weighted by molar-refractivity contribution is 0.201. The monoisotopic (exact) mass is 378 g/mol. The van der Waals surface area contributed by atoms with Crippen molar-refractivity contribution in [1.29, 1.82) is 0 Å². The molecule has 5 heteroatoms. The van der Waals surface area contributed by atoms with Gasteiger partial charge in [0.25, 0.3) is 0 Å². The lowest BCUT2D eigenvalue weighted by atomic mass is 10.2. The number of imidazole rings is 1. The molecular formula is C15H13IN2O2. The van der Waals surface area contributed by atoms with Gasteiger partial charge >= 0.3 is 0 Å². The smallest absolute Gasteiger partial charge is 0.137 e. The van der Waals surface area contributed by atoms with E-state index in [0.717, 1.165) is 22.7 Å². The average Bonchev–Trinajstić information content (AvgIpc) is 2.88. The number of aliphatic hydroxyl groups excluding tert-OH is 1. The third-order valence-electron chi connectivity index (χ3n) is 2.93. The molecule has 0 aliphatic rings. The van der Waals surface area contributed by atoms with Crippen molar-refractivity contribution >= 4 is 28.2 Å². The van der Waals surface area contributed by atoms with E-state index >= 15 is 0 Å². The van der Waals surface area contributed by atoms with Crippen LogP contribution in [0.3, 0.4) is 0 Å². The zero-order valence-corrected chi connectivity index (χ0v) is 12.8. The van der Waals surface area contributed by atoms with Crippen molar-refractivity contribution in [2.45, 2.75) is 0 Å². The van der Waals surface area contributed by atoms with Gasteiger partial charge in [-0.3, -0.25) is 0 Å². The summed E-state index contributed by atoms with van der Waals surface area (Å²) in [5, 5.41) is 8.72. The summed E-state index contributed by atoms with van der Waals surface area (Å²) >= 11 is 2.28. The van der Waals surface area contributed by atoms with Crippen molar-refractivity contribution in [2.75, 3.05) is 13.2 Å². The molecule has 0 unspecified atom stereocenters. The molecule has 3 aromatic rings. The molecule has 2 heterocycles. The highest BCUT2D eigenvalue weighted by atomic mass is 125.